The van der Waals surface area contributed by atoms with Gasteiger partial charge >= 0.3 is 0 Å². The Morgan fingerprint density at radius 1 is 0.879 bits per heavy atom. The van der Waals surface area contributed by atoms with Crippen LogP contribution >= 0.6 is 0 Å². The number of aryl methyl sites for hydroxylation is 1. The average molecular weight is 461 g/mol. The lowest BCUT2D eigenvalue weighted by atomic mass is 10.1. The predicted octanol–water partition coefficient (Wildman–Crippen LogP) is 4.99. The van der Waals surface area contributed by atoms with Crippen LogP contribution in [0.1, 0.15) is 5.56 Å². The highest BCUT2D eigenvalue weighted by Crippen LogP contribution is 2.32. The first kappa shape index (κ1) is 22.4. The minimum atomic E-state index is -4.04. The van der Waals surface area contributed by atoms with Crippen LogP contribution in [-0.4, -0.2) is 28.0 Å². The second kappa shape index (κ2) is 9.34. The number of methoxy groups -OCH3 is 1. The third-order valence-electron chi connectivity index (χ3n) is 5.31. The summed E-state index contributed by atoms with van der Waals surface area (Å²) in [7, 11) is -2.58. The summed E-state index contributed by atoms with van der Waals surface area (Å²) in [6, 6.07) is 26.5. The molecule has 0 saturated heterocycles. The number of para-hydroxylation sites is 2. The number of nitrogens with zero attached hydrogens (tertiary/aromatic N) is 1. The number of sulfonamides is 1. The summed E-state index contributed by atoms with van der Waals surface area (Å²) in [5, 5.41) is 4.72. The molecule has 33 heavy (non-hydrogen) atoms. The summed E-state index contributed by atoms with van der Waals surface area (Å²) in [6.45, 7) is 1.46. The normalized spacial score (nSPS) is 11.2. The number of ether oxygens (including phenoxy) is 1. The van der Waals surface area contributed by atoms with Crippen molar-refractivity contribution < 1.29 is 17.9 Å². The Balaban J connectivity index is 1.72. The molecule has 4 aromatic rings. The van der Waals surface area contributed by atoms with E-state index in [9.17, 15) is 13.2 Å². The van der Waals surface area contributed by atoms with Crippen LogP contribution in [0.5, 0.6) is 5.75 Å². The van der Waals surface area contributed by atoms with E-state index in [2.05, 4.69) is 5.32 Å². The van der Waals surface area contributed by atoms with Crippen molar-refractivity contribution in [3.8, 4) is 5.75 Å². The Morgan fingerprint density at radius 2 is 1.55 bits per heavy atom. The first-order valence-corrected chi connectivity index (χ1v) is 11.8. The van der Waals surface area contributed by atoms with E-state index in [1.807, 2.05) is 43.3 Å². The molecular weight excluding hydrogens is 436 g/mol. The molecule has 1 amide bonds. The zero-order valence-corrected chi connectivity index (χ0v) is 19.2. The maximum absolute atomic E-state index is 13.6. The SMILES string of the molecule is COc1ccccc1N(CC(=O)Nc1cccc2ccccc12)S(=O)(=O)c1ccc(C)cc1. The summed E-state index contributed by atoms with van der Waals surface area (Å²) in [5.41, 5.74) is 1.84. The lowest BCUT2D eigenvalue weighted by molar-refractivity contribution is -0.114. The van der Waals surface area contributed by atoms with Gasteiger partial charge in [-0.05, 0) is 42.6 Å². The Hall–Kier alpha value is -3.84. The summed E-state index contributed by atoms with van der Waals surface area (Å²) in [6.07, 6.45) is 0. The van der Waals surface area contributed by atoms with Crippen molar-refractivity contribution in [2.45, 2.75) is 11.8 Å². The molecule has 0 aliphatic carbocycles. The van der Waals surface area contributed by atoms with Crippen LogP contribution in [0.3, 0.4) is 0 Å². The summed E-state index contributed by atoms with van der Waals surface area (Å²) in [4.78, 5) is 13.2. The molecule has 0 heterocycles. The second-order valence-corrected chi connectivity index (χ2v) is 9.43. The number of carbonyl (C=O) groups is 1. The van der Waals surface area contributed by atoms with Gasteiger partial charge in [0.1, 0.15) is 12.3 Å². The lowest BCUT2D eigenvalue weighted by Gasteiger charge is -2.25. The van der Waals surface area contributed by atoms with Gasteiger partial charge in [0.2, 0.25) is 5.91 Å². The third kappa shape index (κ3) is 4.68. The van der Waals surface area contributed by atoms with Gasteiger partial charge in [-0.2, -0.15) is 0 Å². The number of benzene rings is 4. The van der Waals surface area contributed by atoms with E-state index in [1.54, 1.807) is 42.5 Å². The number of carbonyl (C=O) groups excluding carboxylic acids is 1. The first-order chi connectivity index (χ1) is 15.9. The zero-order chi connectivity index (χ0) is 23.4. The maximum atomic E-state index is 13.6. The van der Waals surface area contributed by atoms with Gasteiger partial charge in [0.15, 0.2) is 0 Å². The van der Waals surface area contributed by atoms with Crippen LogP contribution in [0, 0.1) is 6.92 Å². The number of hydrogen-bond acceptors (Lipinski definition) is 4. The fourth-order valence-corrected chi connectivity index (χ4v) is 5.06. The monoisotopic (exact) mass is 460 g/mol. The predicted molar refractivity (Wildman–Crippen MR) is 131 cm³/mol. The third-order valence-corrected chi connectivity index (χ3v) is 7.09. The van der Waals surface area contributed by atoms with Gasteiger partial charge in [0, 0.05) is 11.1 Å². The number of hydrogen-bond donors (Lipinski definition) is 1. The molecule has 0 spiro atoms. The molecule has 6 nitrogen and oxygen atoms in total. The van der Waals surface area contributed by atoms with Gasteiger partial charge in [-0.25, -0.2) is 8.42 Å². The van der Waals surface area contributed by atoms with Crippen LogP contribution < -0.4 is 14.4 Å². The van der Waals surface area contributed by atoms with Gasteiger partial charge in [0.05, 0.1) is 17.7 Å². The Bertz CT molecular complexity index is 1390. The van der Waals surface area contributed by atoms with E-state index < -0.39 is 22.5 Å². The minimum Gasteiger partial charge on any atom is -0.495 e. The fraction of sp³-hybridized carbons (Fsp3) is 0.115. The van der Waals surface area contributed by atoms with Gasteiger partial charge < -0.3 is 10.1 Å². The summed E-state index contributed by atoms with van der Waals surface area (Å²) < 4.78 is 33.7. The highest BCUT2D eigenvalue weighted by atomic mass is 32.2. The van der Waals surface area contributed by atoms with Crippen molar-refractivity contribution in [3.05, 3.63) is 96.6 Å². The number of amides is 1. The topological polar surface area (TPSA) is 75.7 Å². The van der Waals surface area contributed by atoms with Gasteiger partial charge in [-0.1, -0.05) is 66.2 Å². The molecule has 0 aromatic heterocycles. The molecule has 0 aliphatic rings. The van der Waals surface area contributed by atoms with Crippen LogP contribution in [0.4, 0.5) is 11.4 Å². The van der Waals surface area contributed by atoms with Crippen LogP contribution in [0.2, 0.25) is 0 Å². The summed E-state index contributed by atoms with van der Waals surface area (Å²) in [5.74, 6) is -0.112. The molecule has 0 aliphatic heterocycles. The van der Waals surface area contributed by atoms with Crippen LogP contribution in [0.25, 0.3) is 10.8 Å². The molecule has 0 bridgehead atoms. The second-order valence-electron chi connectivity index (χ2n) is 7.57. The first-order valence-electron chi connectivity index (χ1n) is 10.4. The van der Waals surface area contributed by atoms with Gasteiger partial charge in [-0.3, -0.25) is 9.10 Å². The number of nitrogens with one attached hydrogen (secondary N) is 1. The number of anilines is 2. The molecule has 0 atom stereocenters. The molecule has 0 saturated carbocycles. The number of rotatable bonds is 7. The molecule has 7 heteroatoms. The number of fused-ring (bicyclic) bond motifs is 1. The Labute approximate surface area is 193 Å². The average Bonchev–Trinajstić information content (AvgIpc) is 2.83. The van der Waals surface area contributed by atoms with E-state index in [4.69, 9.17) is 4.74 Å². The van der Waals surface area contributed by atoms with E-state index in [1.165, 1.54) is 19.2 Å². The molecule has 0 unspecified atom stereocenters. The standard InChI is InChI=1S/C26H24N2O4S/c1-19-14-16-21(17-15-19)33(30,31)28(24-12-5-6-13-25(24)32-2)18-26(29)27-23-11-7-9-20-8-3-4-10-22(20)23/h3-17H,18H2,1-2H3,(H,27,29). The van der Waals surface area contributed by atoms with Crippen molar-refractivity contribution in [2.75, 3.05) is 23.3 Å². The smallest absolute Gasteiger partial charge is 0.264 e. The molecule has 0 radical (unpaired) electrons. The van der Waals surface area contributed by atoms with E-state index >= 15 is 0 Å². The quantitative estimate of drug-likeness (QED) is 0.422. The summed E-state index contributed by atoms with van der Waals surface area (Å²) >= 11 is 0. The molecule has 1 N–H and O–H groups in total. The molecule has 4 aromatic carbocycles. The van der Waals surface area contributed by atoms with Gasteiger partial charge in [0.25, 0.3) is 10.0 Å². The maximum Gasteiger partial charge on any atom is 0.264 e. The van der Waals surface area contributed by atoms with Crippen LogP contribution in [0.15, 0.2) is 95.9 Å². The van der Waals surface area contributed by atoms with E-state index in [-0.39, 0.29) is 10.6 Å². The van der Waals surface area contributed by atoms with Crippen LogP contribution in [-0.2, 0) is 14.8 Å². The Morgan fingerprint density at radius 3 is 2.30 bits per heavy atom. The van der Waals surface area contributed by atoms with Crippen molar-refractivity contribution in [1.82, 2.24) is 0 Å². The largest absolute Gasteiger partial charge is 0.495 e. The van der Waals surface area contributed by atoms with Crippen molar-refractivity contribution in [2.24, 2.45) is 0 Å². The molecule has 4 rings (SSSR count). The highest BCUT2D eigenvalue weighted by molar-refractivity contribution is 7.92. The van der Waals surface area contributed by atoms with E-state index in [0.29, 0.717) is 11.4 Å². The molecular formula is C26H24N2O4S. The van der Waals surface area contributed by atoms with Gasteiger partial charge in [-0.15, -0.1) is 0 Å². The van der Waals surface area contributed by atoms with Crippen molar-refractivity contribution in [3.63, 3.8) is 0 Å². The molecule has 168 valence electrons. The van der Waals surface area contributed by atoms with Crippen molar-refractivity contribution in [1.29, 1.82) is 0 Å². The zero-order valence-electron chi connectivity index (χ0n) is 18.4. The van der Waals surface area contributed by atoms with Crippen molar-refractivity contribution >= 4 is 38.1 Å². The Kier molecular flexibility index (Phi) is 6.33. The highest BCUT2D eigenvalue weighted by Gasteiger charge is 2.29. The minimum absolute atomic E-state index is 0.0944. The van der Waals surface area contributed by atoms with E-state index in [0.717, 1.165) is 20.6 Å². The molecule has 0 fully saturated rings. The lowest BCUT2D eigenvalue weighted by Crippen LogP contribution is -2.38. The fourth-order valence-electron chi connectivity index (χ4n) is 3.63.